The monoisotopic (exact) mass is 487 g/mol. The fourth-order valence-electron chi connectivity index (χ4n) is 3.69. The maximum atomic E-state index is 12.5. The molecule has 0 radical (unpaired) electrons. The first kappa shape index (κ1) is 24.3. The number of hydrogen-bond donors (Lipinski definition) is 2. The van der Waals surface area contributed by atoms with E-state index in [2.05, 4.69) is 39.9 Å². The number of amides is 1. The lowest BCUT2D eigenvalue weighted by atomic mass is 10.1. The van der Waals surface area contributed by atoms with Crippen LogP contribution in [0.4, 0.5) is 5.69 Å². The molecule has 0 spiro atoms. The van der Waals surface area contributed by atoms with Crippen LogP contribution >= 0.6 is 12.2 Å². The Morgan fingerprint density at radius 2 is 1.69 bits per heavy atom. The summed E-state index contributed by atoms with van der Waals surface area (Å²) >= 11 is 5.38. The number of fused-ring (bicyclic) bond motifs is 1. The Hall–Kier alpha value is -3.78. The summed E-state index contributed by atoms with van der Waals surface area (Å²) in [5.74, 6) is 0.423. The Labute approximate surface area is 210 Å². The zero-order valence-electron chi connectivity index (χ0n) is 20.2. The SMILES string of the molecule is CCCCc1ccc(-n2nc3cc(C)c(NC(=S)NC(=O)c4ccc(OCC)cc4)cc3n2)cc1. The summed E-state index contributed by atoms with van der Waals surface area (Å²) in [5.41, 5.74) is 5.94. The van der Waals surface area contributed by atoms with Gasteiger partial charge in [0.15, 0.2) is 5.11 Å². The van der Waals surface area contributed by atoms with Gasteiger partial charge in [0.25, 0.3) is 5.91 Å². The average molecular weight is 488 g/mol. The van der Waals surface area contributed by atoms with Crippen molar-refractivity contribution in [2.24, 2.45) is 0 Å². The molecule has 2 N–H and O–H groups in total. The van der Waals surface area contributed by atoms with Crippen LogP contribution in [0.25, 0.3) is 16.7 Å². The summed E-state index contributed by atoms with van der Waals surface area (Å²) in [5, 5.41) is 15.3. The van der Waals surface area contributed by atoms with Crippen LogP contribution in [0.1, 0.15) is 48.2 Å². The predicted octanol–water partition coefficient (Wildman–Crippen LogP) is 5.60. The van der Waals surface area contributed by atoms with Crippen LogP contribution in [-0.4, -0.2) is 32.6 Å². The van der Waals surface area contributed by atoms with Gasteiger partial charge in [-0.3, -0.25) is 10.1 Å². The van der Waals surface area contributed by atoms with E-state index < -0.39 is 0 Å². The molecule has 8 heteroatoms. The second-order valence-corrected chi connectivity index (χ2v) is 8.69. The van der Waals surface area contributed by atoms with E-state index >= 15 is 0 Å². The number of aryl methyl sites for hydroxylation is 2. The Kier molecular flexibility index (Phi) is 7.72. The number of thiocarbonyl (C=S) groups is 1. The number of nitrogens with one attached hydrogen (secondary N) is 2. The number of unbranched alkanes of at least 4 members (excludes halogenated alkanes) is 1. The maximum absolute atomic E-state index is 12.5. The minimum absolute atomic E-state index is 0.210. The summed E-state index contributed by atoms with van der Waals surface area (Å²) < 4.78 is 5.42. The second kappa shape index (κ2) is 11.1. The van der Waals surface area contributed by atoms with Gasteiger partial charge in [0.1, 0.15) is 16.8 Å². The normalized spacial score (nSPS) is 10.8. The van der Waals surface area contributed by atoms with Crippen LogP contribution in [0.15, 0.2) is 60.7 Å². The quantitative estimate of drug-likeness (QED) is 0.315. The zero-order valence-corrected chi connectivity index (χ0v) is 21.0. The Morgan fingerprint density at radius 3 is 2.34 bits per heavy atom. The van der Waals surface area contributed by atoms with Gasteiger partial charge in [-0.1, -0.05) is 25.5 Å². The minimum Gasteiger partial charge on any atom is -0.494 e. The Morgan fingerprint density at radius 1 is 1.00 bits per heavy atom. The van der Waals surface area contributed by atoms with Gasteiger partial charge in [-0.2, -0.15) is 4.80 Å². The molecule has 1 heterocycles. The molecule has 1 aromatic heterocycles. The predicted molar refractivity (Wildman–Crippen MR) is 144 cm³/mol. The summed E-state index contributed by atoms with van der Waals surface area (Å²) in [4.78, 5) is 14.2. The molecule has 3 aromatic carbocycles. The molecule has 35 heavy (non-hydrogen) atoms. The van der Waals surface area contributed by atoms with E-state index in [1.54, 1.807) is 29.1 Å². The van der Waals surface area contributed by atoms with E-state index in [4.69, 9.17) is 17.0 Å². The maximum Gasteiger partial charge on any atom is 0.257 e. The molecule has 0 saturated carbocycles. The van der Waals surface area contributed by atoms with Gasteiger partial charge in [0.2, 0.25) is 0 Å². The third-order valence-corrected chi connectivity index (χ3v) is 5.82. The number of hydrogen-bond acceptors (Lipinski definition) is 5. The van der Waals surface area contributed by atoms with E-state index in [1.807, 2.05) is 38.1 Å². The van der Waals surface area contributed by atoms with Gasteiger partial charge in [0, 0.05) is 11.3 Å². The van der Waals surface area contributed by atoms with Crippen molar-refractivity contribution in [3.8, 4) is 11.4 Å². The molecule has 0 aliphatic rings. The molecular weight excluding hydrogens is 458 g/mol. The second-order valence-electron chi connectivity index (χ2n) is 8.28. The number of rotatable bonds is 8. The number of ether oxygens (including phenoxy) is 1. The summed E-state index contributed by atoms with van der Waals surface area (Å²) in [6.07, 6.45) is 3.44. The van der Waals surface area contributed by atoms with Crippen LogP contribution in [0.3, 0.4) is 0 Å². The smallest absolute Gasteiger partial charge is 0.257 e. The van der Waals surface area contributed by atoms with Gasteiger partial charge < -0.3 is 10.1 Å². The lowest BCUT2D eigenvalue weighted by Crippen LogP contribution is -2.34. The number of anilines is 1. The molecule has 0 atom stereocenters. The molecule has 1 amide bonds. The van der Waals surface area contributed by atoms with Gasteiger partial charge in [-0.15, -0.1) is 10.2 Å². The van der Waals surface area contributed by atoms with Crippen LogP contribution < -0.4 is 15.4 Å². The van der Waals surface area contributed by atoms with Crippen molar-refractivity contribution >= 4 is 40.0 Å². The number of carbonyl (C=O) groups excluding carboxylic acids is 1. The van der Waals surface area contributed by atoms with Crippen molar-refractivity contribution in [1.82, 2.24) is 20.3 Å². The standard InChI is InChI=1S/C27H29N5O2S/c1-4-6-7-19-8-12-21(13-9-19)32-30-24-16-18(3)23(17-25(24)31-32)28-27(35)29-26(33)20-10-14-22(15-11-20)34-5-2/h8-17H,4-7H2,1-3H3,(H2,28,29,33,35). The highest BCUT2D eigenvalue weighted by Crippen LogP contribution is 2.22. The van der Waals surface area contributed by atoms with Crippen molar-refractivity contribution in [2.75, 3.05) is 11.9 Å². The van der Waals surface area contributed by atoms with E-state index in [1.165, 1.54) is 18.4 Å². The Bertz CT molecular complexity index is 1330. The van der Waals surface area contributed by atoms with Gasteiger partial charge >= 0.3 is 0 Å². The fourth-order valence-corrected chi connectivity index (χ4v) is 3.90. The molecule has 180 valence electrons. The highest BCUT2D eigenvalue weighted by atomic mass is 32.1. The van der Waals surface area contributed by atoms with Crippen molar-refractivity contribution in [3.05, 3.63) is 77.4 Å². The third-order valence-electron chi connectivity index (χ3n) is 5.62. The fraction of sp³-hybridized carbons (Fsp3) is 0.259. The minimum atomic E-state index is -0.294. The molecule has 0 saturated heterocycles. The molecule has 0 unspecified atom stereocenters. The van der Waals surface area contributed by atoms with Crippen LogP contribution in [-0.2, 0) is 6.42 Å². The van der Waals surface area contributed by atoms with Crippen molar-refractivity contribution in [3.63, 3.8) is 0 Å². The first-order chi connectivity index (χ1) is 17.0. The molecule has 0 aliphatic heterocycles. The summed E-state index contributed by atoms with van der Waals surface area (Å²) in [7, 11) is 0. The molecule has 4 aromatic rings. The molecule has 0 bridgehead atoms. The van der Waals surface area contributed by atoms with E-state index in [-0.39, 0.29) is 11.0 Å². The van der Waals surface area contributed by atoms with Gasteiger partial charge in [-0.25, -0.2) is 0 Å². The van der Waals surface area contributed by atoms with Crippen molar-refractivity contribution in [1.29, 1.82) is 0 Å². The molecule has 7 nitrogen and oxygen atoms in total. The van der Waals surface area contributed by atoms with Crippen LogP contribution in [0, 0.1) is 6.92 Å². The van der Waals surface area contributed by atoms with Gasteiger partial charge in [0.05, 0.1) is 12.3 Å². The molecular formula is C27H29N5O2S. The summed E-state index contributed by atoms with van der Waals surface area (Å²) in [6, 6.07) is 19.1. The van der Waals surface area contributed by atoms with E-state index in [0.717, 1.165) is 34.4 Å². The Balaban J connectivity index is 1.45. The van der Waals surface area contributed by atoms with Crippen molar-refractivity contribution in [2.45, 2.75) is 40.0 Å². The van der Waals surface area contributed by atoms with Crippen LogP contribution in [0.2, 0.25) is 0 Å². The molecule has 0 fully saturated rings. The van der Waals surface area contributed by atoms with Crippen LogP contribution in [0.5, 0.6) is 5.75 Å². The highest BCUT2D eigenvalue weighted by molar-refractivity contribution is 7.80. The largest absolute Gasteiger partial charge is 0.494 e. The highest BCUT2D eigenvalue weighted by Gasteiger charge is 2.12. The average Bonchev–Trinajstić information content (AvgIpc) is 3.26. The summed E-state index contributed by atoms with van der Waals surface area (Å²) in [6.45, 7) is 6.64. The zero-order chi connectivity index (χ0) is 24.8. The topological polar surface area (TPSA) is 81.1 Å². The molecule has 4 rings (SSSR count). The first-order valence-electron chi connectivity index (χ1n) is 11.8. The number of nitrogens with zero attached hydrogens (tertiary/aromatic N) is 3. The lowest BCUT2D eigenvalue weighted by Gasteiger charge is -2.12. The van der Waals surface area contributed by atoms with E-state index in [9.17, 15) is 4.79 Å². The number of benzene rings is 3. The molecule has 0 aliphatic carbocycles. The number of aromatic nitrogens is 3. The first-order valence-corrected chi connectivity index (χ1v) is 12.2. The van der Waals surface area contributed by atoms with Crippen molar-refractivity contribution < 1.29 is 9.53 Å². The lowest BCUT2D eigenvalue weighted by molar-refractivity contribution is 0.0977. The third kappa shape index (κ3) is 6.02. The number of carbonyl (C=O) groups is 1. The van der Waals surface area contributed by atoms with E-state index in [0.29, 0.717) is 17.9 Å². The van der Waals surface area contributed by atoms with Gasteiger partial charge in [-0.05, 0) is 98.6 Å².